The molecule has 1 saturated heterocycles. The van der Waals surface area contributed by atoms with Crippen molar-refractivity contribution in [2.75, 3.05) is 31.1 Å². The highest BCUT2D eigenvalue weighted by Crippen LogP contribution is 2.27. The van der Waals surface area contributed by atoms with E-state index in [0.29, 0.717) is 5.02 Å². The zero-order chi connectivity index (χ0) is 14.0. The zero-order valence-electron chi connectivity index (χ0n) is 11.4. The lowest BCUT2D eigenvalue weighted by Crippen LogP contribution is -2.48. The number of hydrogen-bond acceptors (Lipinski definition) is 3. The van der Waals surface area contributed by atoms with Crippen LogP contribution >= 0.6 is 11.6 Å². The Morgan fingerprint density at radius 2 is 1.95 bits per heavy atom. The van der Waals surface area contributed by atoms with Gasteiger partial charge < -0.3 is 15.5 Å². The van der Waals surface area contributed by atoms with Crippen LogP contribution in [-0.4, -0.2) is 37.0 Å². The molecule has 0 aliphatic carbocycles. The minimum atomic E-state index is -0.0592. The maximum atomic E-state index is 11.3. The second-order valence-corrected chi connectivity index (χ2v) is 5.39. The molecule has 2 N–H and O–H groups in total. The summed E-state index contributed by atoms with van der Waals surface area (Å²) in [7, 11) is 0. The van der Waals surface area contributed by atoms with Gasteiger partial charge in [-0.25, -0.2) is 0 Å². The van der Waals surface area contributed by atoms with Gasteiger partial charge >= 0.3 is 0 Å². The van der Waals surface area contributed by atoms with Crippen molar-refractivity contribution in [2.24, 2.45) is 5.73 Å². The molecule has 0 bridgehead atoms. The van der Waals surface area contributed by atoms with Gasteiger partial charge in [0.05, 0.1) is 0 Å². The van der Waals surface area contributed by atoms with Crippen LogP contribution in [0.4, 0.5) is 5.69 Å². The molecule has 2 rings (SSSR count). The molecule has 0 saturated carbocycles. The SMILES string of the molecule is CC(=O)N1CCN(c2ccc(C(C)N)c(Cl)c2)CC1. The Balaban J connectivity index is 2.08. The van der Waals surface area contributed by atoms with Crippen molar-refractivity contribution in [1.29, 1.82) is 0 Å². The van der Waals surface area contributed by atoms with Gasteiger partial charge in [-0.05, 0) is 24.6 Å². The van der Waals surface area contributed by atoms with Crippen molar-refractivity contribution < 1.29 is 4.79 Å². The third-order valence-electron chi connectivity index (χ3n) is 3.56. The van der Waals surface area contributed by atoms with E-state index in [1.165, 1.54) is 0 Å². The summed E-state index contributed by atoms with van der Waals surface area (Å²) < 4.78 is 0. The van der Waals surface area contributed by atoms with E-state index in [-0.39, 0.29) is 11.9 Å². The van der Waals surface area contributed by atoms with Gasteiger partial charge in [0.15, 0.2) is 0 Å². The second kappa shape index (κ2) is 5.80. The maximum absolute atomic E-state index is 11.3. The Labute approximate surface area is 119 Å². The number of hydrogen-bond donors (Lipinski definition) is 1. The Bertz CT molecular complexity index is 468. The van der Waals surface area contributed by atoms with Gasteiger partial charge in [0, 0.05) is 49.9 Å². The molecule has 1 amide bonds. The van der Waals surface area contributed by atoms with Crippen LogP contribution in [0, 0.1) is 0 Å². The molecular formula is C14H20ClN3O. The number of amides is 1. The quantitative estimate of drug-likeness (QED) is 0.902. The fourth-order valence-electron chi connectivity index (χ4n) is 2.36. The van der Waals surface area contributed by atoms with Crippen molar-refractivity contribution in [2.45, 2.75) is 19.9 Å². The van der Waals surface area contributed by atoms with E-state index in [1.807, 2.05) is 30.0 Å². The van der Waals surface area contributed by atoms with Gasteiger partial charge in [-0.3, -0.25) is 4.79 Å². The van der Waals surface area contributed by atoms with Crippen LogP contribution in [0.25, 0.3) is 0 Å². The summed E-state index contributed by atoms with van der Waals surface area (Å²) in [5.74, 6) is 0.144. The lowest BCUT2D eigenvalue weighted by Gasteiger charge is -2.35. The predicted octanol–water partition coefficient (Wildman–Crippen LogP) is 2.03. The molecule has 4 nitrogen and oxygen atoms in total. The average molecular weight is 282 g/mol. The Morgan fingerprint density at radius 1 is 1.32 bits per heavy atom. The summed E-state index contributed by atoms with van der Waals surface area (Å²) in [6.07, 6.45) is 0. The monoisotopic (exact) mass is 281 g/mol. The Hall–Kier alpha value is -1.26. The first-order valence-corrected chi connectivity index (χ1v) is 6.92. The molecule has 1 aliphatic rings. The van der Waals surface area contributed by atoms with Crippen molar-refractivity contribution >= 4 is 23.2 Å². The van der Waals surface area contributed by atoms with E-state index in [0.717, 1.165) is 37.4 Å². The van der Waals surface area contributed by atoms with Gasteiger partial charge in [0.1, 0.15) is 0 Å². The normalized spacial score (nSPS) is 17.5. The first kappa shape index (κ1) is 14.2. The Morgan fingerprint density at radius 3 is 2.42 bits per heavy atom. The van der Waals surface area contributed by atoms with Crippen LogP contribution in [0.15, 0.2) is 18.2 Å². The van der Waals surface area contributed by atoms with Crippen LogP contribution < -0.4 is 10.6 Å². The maximum Gasteiger partial charge on any atom is 0.219 e. The molecule has 1 aliphatic heterocycles. The van der Waals surface area contributed by atoms with Crippen LogP contribution in [0.3, 0.4) is 0 Å². The summed E-state index contributed by atoms with van der Waals surface area (Å²) in [4.78, 5) is 15.4. The number of carbonyl (C=O) groups is 1. The van der Waals surface area contributed by atoms with Gasteiger partial charge in [-0.1, -0.05) is 17.7 Å². The molecule has 0 spiro atoms. The van der Waals surface area contributed by atoms with E-state index >= 15 is 0 Å². The minimum absolute atomic E-state index is 0.0592. The highest BCUT2D eigenvalue weighted by atomic mass is 35.5. The fourth-order valence-corrected chi connectivity index (χ4v) is 2.71. The molecule has 1 aromatic carbocycles. The molecule has 1 aromatic rings. The molecule has 104 valence electrons. The molecule has 1 heterocycles. The van der Waals surface area contributed by atoms with E-state index < -0.39 is 0 Å². The van der Waals surface area contributed by atoms with Crippen molar-refractivity contribution in [3.05, 3.63) is 28.8 Å². The predicted molar refractivity (Wildman–Crippen MR) is 78.5 cm³/mol. The molecule has 0 radical (unpaired) electrons. The van der Waals surface area contributed by atoms with Crippen LogP contribution in [-0.2, 0) is 4.79 Å². The molecular weight excluding hydrogens is 262 g/mol. The third kappa shape index (κ3) is 3.19. The van der Waals surface area contributed by atoms with Gasteiger partial charge in [0.25, 0.3) is 0 Å². The number of piperazine rings is 1. The highest BCUT2D eigenvalue weighted by Gasteiger charge is 2.19. The molecule has 1 atom stereocenters. The molecule has 19 heavy (non-hydrogen) atoms. The standard InChI is InChI=1S/C14H20ClN3O/c1-10(16)13-4-3-12(9-14(13)15)18-7-5-17(6-8-18)11(2)19/h3-4,9-10H,5-8,16H2,1-2H3. The lowest BCUT2D eigenvalue weighted by atomic mass is 10.1. The number of nitrogens with zero attached hydrogens (tertiary/aromatic N) is 2. The summed E-state index contributed by atoms with van der Waals surface area (Å²) in [6, 6.07) is 5.94. The number of carbonyl (C=O) groups excluding carboxylic acids is 1. The molecule has 0 aromatic heterocycles. The number of anilines is 1. The number of nitrogens with two attached hydrogens (primary N) is 1. The molecule has 1 unspecified atom stereocenters. The topological polar surface area (TPSA) is 49.6 Å². The summed E-state index contributed by atoms with van der Waals surface area (Å²) in [5.41, 5.74) is 7.91. The van der Waals surface area contributed by atoms with E-state index in [4.69, 9.17) is 17.3 Å². The Kier molecular flexibility index (Phi) is 4.32. The molecule has 1 fully saturated rings. The van der Waals surface area contributed by atoms with Crippen LogP contribution in [0.2, 0.25) is 5.02 Å². The van der Waals surface area contributed by atoms with Crippen LogP contribution in [0.5, 0.6) is 0 Å². The van der Waals surface area contributed by atoms with E-state index in [1.54, 1.807) is 6.92 Å². The molecule has 5 heteroatoms. The number of rotatable bonds is 2. The summed E-state index contributed by atoms with van der Waals surface area (Å²) in [6.45, 7) is 6.75. The average Bonchev–Trinajstić information content (AvgIpc) is 2.38. The summed E-state index contributed by atoms with van der Waals surface area (Å²) in [5, 5.41) is 0.710. The third-order valence-corrected chi connectivity index (χ3v) is 3.89. The minimum Gasteiger partial charge on any atom is -0.368 e. The van der Waals surface area contributed by atoms with Gasteiger partial charge in [0.2, 0.25) is 5.91 Å². The smallest absolute Gasteiger partial charge is 0.219 e. The largest absolute Gasteiger partial charge is 0.368 e. The lowest BCUT2D eigenvalue weighted by molar-refractivity contribution is -0.129. The van der Waals surface area contributed by atoms with Gasteiger partial charge in [-0.2, -0.15) is 0 Å². The summed E-state index contributed by atoms with van der Waals surface area (Å²) >= 11 is 6.25. The first-order chi connectivity index (χ1) is 8.99. The van der Waals surface area contributed by atoms with E-state index in [9.17, 15) is 4.79 Å². The second-order valence-electron chi connectivity index (χ2n) is 4.99. The number of halogens is 1. The first-order valence-electron chi connectivity index (χ1n) is 6.54. The van der Waals surface area contributed by atoms with E-state index in [2.05, 4.69) is 4.90 Å². The van der Waals surface area contributed by atoms with Crippen molar-refractivity contribution in [3.63, 3.8) is 0 Å². The van der Waals surface area contributed by atoms with Gasteiger partial charge in [-0.15, -0.1) is 0 Å². The highest BCUT2D eigenvalue weighted by molar-refractivity contribution is 6.31. The van der Waals surface area contributed by atoms with Crippen LogP contribution in [0.1, 0.15) is 25.5 Å². The van der Waals surface area contributed by atoms with Crippen molar-refractivity contribution in [1.82, 2.24) is 4.90 Å². The zero-order valence-corrected chi connectivity index (χ0v) is 12.2. The fraction of sp³-hybridized carbons (Fsp3) is 0.500. The van der Waals surface area contributed by atoms with Crippen molar-refractivity contribution in [3.8, 4) is 0 Å². The number of benzene rings is 1.